The number of carbonyl (C=O) groups excluding carboxylic acids is 1. The van der Waals surface area contributed by atoms with Crippen molar-refractivity contribution in [3.63, 3.8) is 0 Å². The SMILES string of the molecule is NCCCNC(=O)C1NCC2CCCC21. The van der Waals surface area contributed by atoms with E-state index in [2.05, 4.69) is 10.6 Å². The van der Waals surface area contributed by atoms with Crippen LogP contribution in [-0.4, -0.2) is 31.6 Å². The molecule has 0 spiro atoms. The molecule has 1 heterocycles. The standard InChI is InChI=1S/C11H21N3O/c12-5-2-6-13-11(15)10-9-4-1-3-8(9)7-14-10/h8-10,14H,1-7,12H2,(H,13,15). The third-order valence-electron chi connectivity index (χ3n) is 3.71. The molecule has 4 N–H and O–H groups in total. The van der Waals surface area contributed by atoms with E-state index in [0.717, 1.165) is 18.9 Å². The zero-order valence-electron chi connectivity index (χ0n) is 9.17. The Balaban J connectivity index is 1.80. The van der Waals surface area contributed by atoms with Crippen LogP contribution in [0.25, 0.3) is 0 Å². The number of hydrogen-bond acceptors (Lipinski definition) is 3. The number of nitrogens with two attached hydrogens (primary N) is 1. The maximum Gasteiger partial charge on any atom is 0.237 e. The molecule has 1 aliphatic heterocycles. The van der Waals surface area contributed by atoms with Gasteiger partial charge in [0.05, 0.1) is 6.04 Å². The summed E-state index contributed by atoms with van der Waals surface area (Å²) in [5, 5.41) is 6.30. The summed E-state index contributed by atoms with van der Waals surface area (Å²) in [5.41, 5.74) is 5.39. The van der Waals surface area contributed by atoms with Gasteiger partial charge in [-0.2, -0.15) is 0 Å². The van der Waals surface area contributed by atoms with E-state index in [9.17, 15) is 4.79 Å². The zero-order chi connectivity index (χ0) is 10.7. The second kappa shape index (κ2) is 4.94. The number of rotatable bonds is 4. The highest BCUT2D eigenvalue weighted by Gasteiger charge is 2.42. The molecule has 1 aliphatic carbocycles. The minimum absolute atomic E-state index is 0.0651. The number of nitrogens with one attached hydrogen (secondary N) is 2. The van der Waals surface area contributed by atoms with Gasteiger partial charge in [0.15, 0.2) is 0 Å². The lowest BCUT2D eigenvalue weighted by atomic mass is 9.93. The van der Waals surface area contributed by atoms with E-state index in [-0.39, 0.29) is 11.9 Å². The smallest absolute Gasteiger partial charge is 0.237 e. The van der Waals surface area contributed by atoms with Gasteiger partial charge in [-0.25, -0.2) is 0 Å². The molecule has 0 bridgehead atoms. The summed E-state index contributed by atoms with van der Waals surface area (Å²) in [4.78, 5) is 11.8. The van der Waals surface area contributed by atoms with E-state index in [4.69, 9.17) is 5.73 Å². The molecule has 1 amide bonds. The third-order valence-corrected chi connectivity index (χ3v) is 3.71. The van der Waals surface area contributed by atoms with Crippen molar-refractivity contribution >= 4 is 5.91 Å². The van der Waals surface area contributed by atoms with Crippen LogP contribution in [-0.2, 0) is 4.79 Å². The van der Waals surface area contributed by atoms with Crippen LogP contribution in [0.2, 0.25) is 0 Å². The van der Waals surface area contributed by atoms with Crippen LogP contribution in [0.1, 0.15) is 25.7 Å². The van der Waals surface area contributed by atoms with Gasteiger partial charge in [-0.05, 0) is 44.2 Å². The third kappa shape index (κ3) is 2.32. The largest absolute Gasteiger partial charge is 0.355 e. The highest BCUT2D eigenvalue weighted by molar-refractivity contribution is 5.82. The lowest BCUT2D eigenvalue weighted by Gasteiger charge is -2.17. The Morgan fingerprint density at radius 3 is 3.13 bits per heavy atom. The molecule has 4 nitrogen and oxygen atoms in total. The maximum absolute atomic E-state index is 11.8. The molecule has 86 valence electrons. The summed E-state index contributed by atoms with van der Waals surface area (Å²) < 4.78 is 0. The Bertz CT molecular complexity index is 232. The number of hydrogen-bond donors (Lipinski definition) is 3. The van der Waals surface area contributed by atoms with E-state index in [1.807, 2.05) is 0 Å². The van der Waals surface area contributed by atoms with E-state index in [1.165, 1.54) is 19.3 Å². The second-order valence-corrected chi connectivity index (χ2v) is 4.67. The van der Waals surface area contributed by atoms with Crippen LogP contribution < -0.4 is 16.4 Å². The van der Waals surface area contributed by atoms with Gasteiger partial charge >= 0.3 is 0 Å². The molecule has 4 heteroatoms. The van der Waals surface area contributed by atoms with Gasteiger partial charge in [0.25, 0.3) is 0 Å². The fourth-order valence-electron chi connectivity index (χ4n) is 2.90. The van der Waals surface area contributed by atoms with E-state index in [0.29, 0.717) is 19.0 Å². The van der Waals surface area contributed by atoms with Gasteiger partial charge in [-0.1, -0.05) is 6.42 Å². The lowest BCUT2D eigenvalue weighted by molar-refractivity contribution is -0.123. The molecular weight excluding hydrogens is 190 g/mol. The topological polar surface area (TPSA) is 67.1 Å². The summed E-state index contributed by atoms with van der Waals surface area (Å²) in [6.07, 6.45) is 4.67. The van der Waals surface area contributed by atoms with Gasteiger partial charge in [0.2, 0.25) is 5.91 Å². The summed E-state index contributed by atoms with van der Waals surface area (Å²) in [6.45, 7) is 2.38. The molecule has 0 aromatic rings. The van der Waals surface area contributed by atoms with Crippen molar-refractivity contribution < 1.29 is 4.79 Å². The zero-order valence-corrected chi connectivity index (χ0v) is 9.17. The molecule has 1 saturated carbocycles. The Hall–Kier alpha value is -0.610. The van der Waals surface area contributed by atoms with Crippen LogP contribution in [0.15, 0.2) is 0 Å². The average Bonchev–Trinajstić information content (AvgIpc) is 2.78. The van der Waals surface area contributed by atoms with Crippen molar-refractivity contribution in [3.8, 4) is 0 Å². The normalized spacial score (nSPS) is 34.1. The molecule has 15 heavy (non-hydrogen) atoms. The molecule has 3 atom stereocenters. The summed E-state index contributed by atoms with van der Waals surface area (Å²) in [5.74, 6) is 1.51. The first-order valence-electron chi connectivity index (χ1n) is 6.04. The van der Waals surface area contributed by atoms with E-state index < -0.39 is 0 Å². The van der Waals surface area contributed by atoms with Gasteiger partial charge in [-0.3, -0.25) is 4.79 Å². The number of carbonyl (C=O) groups is 1. The van der Waals surface area contributed by atoms with Gasteiger partial charge in [0, 0.05) is 6.54 Å². The van der Waals surface area contributed by atoms with Crippen LogP contribution in [0, 0.1) is 11.8 Å². The first-order valence-corrected chi connectivity index (χ1v) is 6.04. The second-order valence-electron chi connectivity index (χ2n) is 4.67. The van der Waals surface area contributed by atoms with Crippen molar-refractivity contribution in [2.45, 2.75) is 31.7 Å². The molecule has 2 fully saturated rings. The van der Waals surface area contributed by atoms with Crippen LogP contribution in [0.3, 0.4) is 0 Å². The summed E-state index contributed by atoms with van der Waals surface area (Å²) >= 11 is 0. The fourth-order valence-corrected chi connectivity index (χ4v) is 2.90. The maximum atomic E-state index is 11.8. The van der Waals surface area contributed by atoms with E-state index in [1.54, 1.807) is 0 Å². The van der Waals surface area contributed by atoms with Crippen LogP contribution in [0.5, 0.6) is 0 Å². The summed E-state index contributed by atoms with van der Waals surface area (Å²) in [6, 6.07) is 0.0651. The first kappa shape index (κ1) is 10.9. The van der Waals surface area contributed by atoms with Crippen molar-refractivity contribution in [2.24, 2.45) is 17.6 Å². The molecule has 2 rings (SSSR count). The Morgan fingerprint density at radius 1 is 1.47 bits per heavy atom. The van der Waals surface area contributed by atoms with Crippen molar-refractivity contribution in [2.75, 3.05) is 19.6 Å². The Morgan fingerprint density at radius 2 is 2.33 bits per heavy atom. The minimum atomic E-state index is 0.0651. The molecule has 0 aromatic carbocycles. The molecule has 1 saturated heterocycles. The highest BCUT2D eigenvalue weighted by Crippen LogP contribution is 2.37. The summed E-state index contributed by atoms with van der Waals surface area (Å²) in [7, 11) is 0. The van der Waals surface area contributed by atoms with Gasteiger partial charge in [0.1, 0.15) is 0 Å². The molecular formula is C11H21N3O. The van der Waals surface area contributed by atoms with Crippen LogP contribution in [0.4, 0.5) is 0 Å². The molecule has 3 unspecified atom stereocenters. The van der Waals surface area contributed by atoms with Gasteiger partial charge in [-0.15, -0.1) is 0 Å². The van der Waals surface area contributed by atoms with Crippen molar-refractivity contribution in [1.29, 1.82) is 0 Å². The lowest BCUT2D eigenvalue weighted by Crippen LogP contribution is -2.44. The first-order chi connectivity index (χ1) is 7.33. The Kier molecular flexibility index (Phi) is 3.59. The fraction of sp³-hybridized carbons (Fsp3) is 0.909. The minimum Gasteiger partial charge on any atom is -0.355 e. The molecule has 0 aromatic heterocycles. The van der Waals surface area contributed by atoms with Crippen molar-refractivity contribution in [3.05, 3.63) is 0 Å². The quantitative estimate of drug-likeness (QED) is 0.566. The number of fused-ring (bicyclic) bond motifs is 1. The van der Waals surface area contributed by atoms with Crippen molar-refractivity contribution in [1.82, 2.24) is 10.6 Å². The van der Waals surface area contributed by atoms with Crippen LogP contribution >= 0.6 is 0 Å². The average molecular weight is 211 g/mol. The highest BCUT2D eigenvalue weighted by atomic mass is 16.2. The molecule has 0 radical (unpaired) electrons. The predicted molar refractivity (Wildman–Crippen MR) is 59.3 cm³/mol. The van der Waals surface area contributed by atoms with Gasteiger partial charge < -0.3 is 16.4 Å². The Labute approximate surface area is 91.0 Å². The number of amides is 1. The van der Waals surface area contributed by atoms with E-state index >= 15 is 0 Å². The predicted octanol–water partition coefficient (Wildman–Crippen LogP) is -0.160. The molecule has 2 aliphatic rings. The monoisotopic (exact) mass is 211 g/mol.